The number of anilines is 1. The summed E-state index contributed by atoms with van der Waals surface area (Å²) in [5.41, 5.74) is 1.11. The Morgan fingerprint density at radius 3 is 2.80 bits per heavy atom. The molecule has 1 aromatic rings. The number of likely N-dealkylation sites (N-methyl/N-ethyl adjacent to an activating group) is 2. The maximum Gasteiger partial charge on any atom is 0.132 e. The Hall–Kier alpha value is -1.20. The van der Waals surface area contributed by atoms with Crippen LogP contribution in [-0.4, -0.2) is 61.3 Å². The molecule has 1 aliphatic heterocycles. The number of likely N-dealkylation sites (tertiary alicyclic amines) is 1. The predicted octanol–water partition coefficient (Wildman–Crippen LogP) is 1.50. The molecule has 0 spiro atoms. The highest BCUT2D eigenvalue weighted by atomic mass is 16.5. The molecule has 5 heteroatoms. The van der Waals surface area contributed by atoms with Gasteiger partial charge in [0.2, 0.25) is 0 Å². The van der Waals surface area contributed by atoms with Crippen molar-refractivity contribution < 1.29 is 4.74 Å². The first-order valence-electron chi connectivity index (χ1n) is 7.32. The zero-order valence-corrected chi connectivity index (χ0v) is 13.3. The molecule has 5 nitrogen and oxygen atoms in total. The van der Waals surface area contributed by atoms with E-state index < -0.39 is 0 Å². The van der Waals surface area contributed by atoms with E-state index in [1.807, 2.05) is 6.92 Å². The Morgan fingerprint density at radius 1 is 1.45 bits per heavy atom. The second-order valence-corrected chi connectivity index (χ2v) is 5.69. The van der Waals surface area contributed by atoms with E-state index in [0.717, 1.165) is 43.3 Å². The summed E-state index contributed by atoms with van der Waals surface area (Å²) in [6, 6.07) is 2.61. The predicted molar refractivity (Wildman–Crippen MR) is 81.2 cm³/mol. The fourth-order valence-corrected chi connectivity index (χ4v) is 2.81. The lowest BCUT2D eigenvalue weighted by Gasteiger charge is -2.26. The summed E-state index contributed by atoms with van der Waals surface area (Å²) in [6.45, 7) is 6.06. The van der Waals surface area contributed by atoms with Crippen molar-refractivity contribution in [1.29, 1.82) is 0 Å². The van der Waals surface area contributed by atoms with Gasteiger partial charge in [-0.05, 0) is 26.8 Å². The fraction of sp³-hybridized carbons (Fsp3) is 0.733. The highest BCUT2D eigenvalue weighted by Crippen LogP contribution is 2.21. The van der Waals surface area contributed by atoms with E-state index >= 15 is 0 Å². The molecular weight excluding hydrogens is 252 g/mol. The summed E-state index contributed by atoms with van der Waals surface area (Å²) in [4.78, 5) is 13.6. The molecule has 2 atom stereocenters. The van der Waals surface area contributed by atoms with Crippen LogP contribution in [0.1, 0.15) is 24.9 Å². The van der Waals surface area contributed by atoms with E-state index in [9.17, 15) is 0 Å². The minimum atomic E-state index is 0.358. The Balaban J connectivity index is 2.04. The van der Waals surface area contributed by atoms with Crippen LogP contribution in [-0.2, 0) is 11.2 Å². The molecule has 20 heavy (non-hydrogen) atoms. The molecule has 1 fully saturated rings. The van der Waals surface area contributed by atoms with Crippen molar-refractivity contribution in [3.05, 3.63) is 17.6 Å². The molecule has 0 bridgehead atoms. The van der Waals surface area contributed by atoms with Crippen LogP contribution in [0.15, 0.2) is 6.07 Å². The van der Waals surface area contributed by atoms with Gasteiger partial charge in [-0.25, -0.2) is 9.97 Å². The van der Waals surface area contributed by atoms with Crippen LogP contribution in [0.3, 0.4) is 0 Å². The third-order valence-electron chi connectivity index (χ3n) is 4.10. The van der Waals surface area contributed by atoms with Crippen LogP contribution in [0.25, 0.3) is 0 Å². The van der Waals surface area contributed by atoms with Gasteiger partial charge in [0.25, 0.3) is 0 Å². The second-order valence-electron chi connectivity index (χ2n) is 5.69. The first-order valence-corrected chi connectivity index (χ1v) is 7.32. The summed E-state index contributed by atoms with van der Waals surface area (Å²) < 4.78 is 5.47. The SMILES string of the molecule is CCc1cc(N(C)C[C@@H]2C[C@H](OC)CN2C)nc(C)n1. The van der Waals surface area contributed by atoms with Crippen LogP contribution >= 0.6 is 0 Å². The maximum absolute atomic E-state index is 5.47. The van der Waals surface area contributed by atoms with Gasteiger partial charge in [0.1, 0.15) is 11.6 Å². The van der Waals surface area contributed by atoms with Crippen LogP contribution in [0.4, 0.5) is 5.82 Å². The number of ether oxygens (including phenoxy) is 1. The molecule has 0 amide bonds. The number of aromatic nitrogens is 2. The van der Waals surface area contributed by atoms with E-state index in [1.54, 1.807) is 7.11 Å². The number of hydrogen-bond acceptors (Lipinski definition) is 5. The molecule has 0 aromatic carbocycles. The van der Waals surface area contributed by atoms with Crippen LogP contribution < -0.4 is 4.90 Å². The molecule has 0 unspecified atom stereocenters. The normalized spacial score (nSPS) is 23.2. The molecular formula is C15H26N4O. The number of methoxy groups -OCH3 is 1. The van der Waals surface area contributed by atoms with Gasteiger partial charge in [0.05, 0.1) is 6.10 Å². The van der Waals surface area contributed by atoms with Crippen LogP contribution in [0, 0.1) is 6.92 Å². The first kappa shape index (κ1) is 15.2. The number of nitrogens with zero attached hydrogens (tertiary/aromatic N) is 4. The third-order valence-corrected chi connectivity index (χ3v) is 4.10. The summed E-state index contributed by atoms with van der Waals surface area (Å²) in [6.07, 6.45) is 2.39. The van der Waals surface area contributed by atoms with E-state index in [2.05, 4.69) is 46.9 Å². The number of rotatable bonds is 5. The minimum Gasteiger partial charge on any atom is -0.380 e. The molecule has 112 valence electrons. The summed E-state index contributed by atoms with van der Waals surface area (Å²) >= 11 is 0. The Morgan fingerprint density at radius 2 is 2.20 bits per heavy atom. The summed E-state index contributed by atoms with van der Waals surface area (Å²) in [5, 5.41) is 0. The van der Waals surface area contributed by atoms with E-state index in [-0.39, 0.29) is 0 Å². The molecule has 0 N–H and O–H groups in total. The van der Waals surface area contributed by atoms with Gasteiger partial charge in [0, 0.05) is 45.0 Å². The van der Waals surface area contributed by atoms with Crippen molar-refractivity contribution in [2.24, 2.45) is 0 Å². The molecule has 2 heterocycles. The van der Waals surface area contributed by atoms with Crippen LogP contribution in [0.5, 0.6) is 0 Å². The van der Waals surface area contributed by atoms with Gasteiger partial charge in [0.15, 0.2) is 0 Å². The van der Waals surface area contributed by atoms with Gasteiger partial charge >= 0.3 is 0 Å². The largest absolute Gasteiger partial charge is 0.380 e. The van der Waals surface area contributed by atoms with Gasteiger partial charge in [-0.2, -0.15) is 0 Å². The average Bonchev–Trinajstić information content (AvgIpc) is 2.78. The number of hydrogen-bond donors (Lipinski definition) is 0. The fourth-order valence-electron chi connectivity index (χ4n) is 2.81. The first-order chi connectivity index (χ1) is 9.53. The lowest BCUT2D eigenvalue weighted by Crippen LogP contribution is -2.37. The standard InChI is InChI=1S/C15H26N4O/c1-6-12-7-15(17-11(2)16-12)19(4)9-13-8-14(20-5)10-18(13)3/h7,13-14H,6,8-10H2,1-5H3/t13-,14-/m0/s1. The number of aryl methyl sites for hydroxylation is 2. The lowest BCUT2D eigenvalue weighted by molar-refractivity contribution is 0.111. The maximum atomic E-state index is 5.47. The summed E-state index contributed by atoms with van der Waals surface area (Å²) in [5.74, 6) is 1.87. The molecule has 0 saturated carbocycles. The van der Waals surface area contributed by atoms with E-state index in [4.69, 9.17) is 4.74 Å². The second kappa shape index (κ2) is 6.50. The van der Waals surface area contributed by atoms with Crippen molar-refractivity contribution >= 4 is 5.82 Å². The molecule has 1 saturated heterocycles. The summed E-state index contributed by atoms with van der Waals surface area (Å²) in [7, 11) is 6.07. The molecule has 1 aromatic heterocycles. The van der Waals surface area contributed by atoms with E-state index in [1.165, 1.54) is 0 Å². The Kier molecular flexibility index (Phi) is 4.94. The zero-order valence-electron chi connectivity index (χ0n) is 13.3. The topological polar surface area (TPSA) is 41.5 Å². The molecule has 0 aliphatic carbocycles. The van der Waals surface area contributed by atoms with Crippen molar-refractivity contribution in [1.82, 2.24) is 14.9 Å². The molecule has 1 aliphatic rings. The van der Waals surface area contributed by atoms with Crippen LogP contribution in [0.2, 0.25) is 0 Å². The van der Waals surface area contributed by atoms with Crippen molar-refractivity contribution in [3.8, 4) is 0 Å². The van der Waals surface area contributed by atoms with Gasteiger partial charge in [-0.3, -0.25) is 4.90 Å². The van der Waals surface area contributed by atoms with Crippen molar-refractivity contribution in [2.45, 2.75) is 38.8 Å². The van der Waals surface area contributed by atoms with Crippen molar-refractivity contribution in [2.75, 3.05) is 39.2 Å². The van der Waals surface area contributed by atoms with Crippen molar-refractivity contribution in [3.63, 3.8) is 0 Å². The van der Waals surface area contributed by atoms with Gasteiger partial charge in [-0.1, -0.05) is 6.92 Å². The molecule has 0 radical (unpaired) electrons. The Labute approximate surface area is 122 Å². The zero-order chi connectivity index (χ0) is 14.7. The highest BCUT2D eigenvalue weighted by Gasteiger charge is 2.30. The quantitative estimate of drug-likeness (QED) is 0.816. The smallest absolute Gasteiger partial charge is 0.132 e. The third kappa shape index (κ3) is 3.46. The van der Waals surface area contributed by atoms with E-state index in [0.29, 0.717) is 12.1 Å². The van der Waals surface area contributed by atoms with Gasteiger partial charge < -0.3 is 9.64 Å². The lowest BCUT2D eigenvalue weighted by atomic mass is 10.2. The Bertz CT molecular complexity index is 451. The highest BCUT2D eigenvalue weighted by molar-refractivity contribution is 5.39. The molecule has 2 rings (SSSR count). The monoisotopic (exact) mass is 278 g/mol. The van der Waals surface area contributed by atoms with Gasteiger partial charge in [-0.15, -0.1) is 0 Å². The average molecular weight is 278 g/mol. The minimum absolute atomic E-state index is 0.358.